The Morgan fingerprint density at radius 2 is 1.57 bits per heavy atom. The van der Waals surface area contributed by atoms with E-state index in [1.807, 2.05) is 9.80 Å². The first-order chi connectivity index (χ1) is 10.7. The van der Waals surface area contributed by atoms with Crippen LogP contribution in [0.1, 0.15) is 40.0 Å². The molecule has 0 aromatic carbocycles. The molecule has 2 unspecified atom stereocenters. The van der Waals surface area contributed by atoms with Crippen LogP contribution < -0.4 is 0 Å². The number of hydrogen-bond donors (Lipinski definition) is 3. The molecule has 2 fully saturated rings. The quantitative estimate of drug-likeness (QED) is 0.682. The smallest absolute Gasteiger partial charge is 0.223 e. The van der Waals surface area contributed by atoms with E-state index < -0.39 is 18.3 Å². The van der Waals surface area contributed by atoms with Crippen LogP contribution in [0.3, 0.4) is 0 Å². The van der Waals surface area contributed by atoms with E-state index in [0.29, 0.717) is 25.4 Å². The maximum absolute atomic E-state index is 12.3. The average molecular weight is 328 g/mol. The summed E-state index contributed by atoms with van der Waals surface area (Å²) in [6.07, 6.45) is -0.301. The Kier molecular flexibility index (Phi) is 6.05. The zero-order chi connectivity index (χ0) is 17.2. The summed E-state index contributed by atoms with van der Waals surface area (Å²) < 4.78 is 0. The molecule has 0 saturated carbocycles. The predicted molar refractivity (Wildman–Crippen MR) is 87.8 cm³/mol. The second-order valence-corrected chi connectivity index (χ2v) is 8.41. The molecule has 2 atom stereocenters. The highest BCUT2D eigenvalue weighted by Crippen LogP contribution is 2.24. The summed E-state index contributed by atoms with van der Waals surface area (Å²) in [5, 5.41) is 29.1. The highest BCUT2D eigenvalue weighted by molar-refractivity contribution is 5.76. The Balaban J connectivity index is 1.76. The van der Waals surface area contributed by atoms with E-state index in [1.165, 1.54) is 0 Å². The van der Waals surface area contributed by atoms with E-state index in [9.17, 15) is 20.1 Å². The number of aliphatic hydroxyl groups excluding tert-OH is 3. The number of β-amino-alcohol motifs (C(OH)–C–C–N with tert-alkyl or cyclic N) is 2. The predicted octanol–water partition coefficient (Wildman–Crippen LogP) is 0.0595. The molecule has 0 radical (unpaired) electrons. The van der Waals surface area contributed by atoms with Gasteiger partial charge in [-0.1, -0.05) is 20.8 Å². The van der Waals surface area contributed by atoms with Crippen LogP contribution in [0.2, 0.25) is 0 Å². The SMILES string of the molecule is CC(C)(C)CC(=O)N1CCC(CN2CC(O)C(O)C(O)C2)CC1. The molecule has 2 aliphatic rings. The van der Waals surface area contributed by atoms with Crippen molar-refractivity contribution in [3.05, 3.63) is 0 Å². The van der Waals surface area contributed by atoms with Gasteiger partial charge in [-0.25, -0.2) is 0 Å². The maximum Gasteiger partial charge on any atom is 0.223 e. The number of aliphatic hydroxyl groups is 3. The van der Waals surface area contributed by atoms with Crippen molar-refractivity contribution in [2.45, 2.75) is 58.3 Å². The summed E-state index contributed by atoms with van der Waals surface area (Å²) >= 11 is 0. The molecule has 0 aromatic rings. The first-order valence-electron chi connectivity index (χ1n) is 8.70. The standard InChI is InChI=1S/C17H32N2O4/c1-17(2,3)8-15(22)19-6-4-12(5-7-19)9-18-10-13(20)16(23)14(21)11-18/h12-14,16,20-21,23H,4-11H2,1-3H3. The van der Waals surface area contributed by atoms with Crippen LogP contribution in [-0.4, -0.2) is 82.1 Å². The molecule has 6 heteroatoms. The summed E-state index contributed by atoms with van der Waals surface area (Å²) in [4.78, 5) is 16.2. The van der Waals surface area contributed by atoms with Gasteiger partial charge in [-0.15, -0.1) is 0 Å². The third kappa shape index (κ3) is 5.41. The molecule has 2 aliphatic heterocycles. The summed E-state index contributed by atoms with van der Waals surface area (Å²) in [7, 11) is 0. The molecule has 2 saturated heterocycles. The summed E-state index contributed by atoms with van der Waals surface area (Å²) in [5.41, 5.74) is 0.0227. The summed E-state index contributed by atoms with van der Waals surface area (Å²) in [5.74, 6) is 0.714. The van der Waals surface area contributed by atoms with Crippen molar-refractivity contribution in [1.82, 2.24) is 9.80 Å². The van der Waals surface area contributed by atoms with Crippen molar-refractivity contribution in [2.24, 2.45) is 11.3 Å². The van der Waals surface area contributed by atoms with Crippen LogP contribution in [0, 0.1) is 11.3 Å². The second kappa shape index (κ2) is 7.47. The number of rotatable bonds is 3. The molecule has 23 heavy (non-hydrogen) atoms. The van der Waals surface area contributed by atoms with Crippen molar-refractivity contribution in [2.75, 3.05) is 32.7 Å². The molecule has 3 N–H and O–H groups in total. The van der Waals surface area contributed by atoms with Crippen molar-refractivity contribution < 1.29 is 20.1 Å². The lowest BCUT2D eigenvalue weighted by Gasteiger charge is -2.40. The van der Waals surface area contributed by atoms with Gasteiger partial charge in [0.05, 0.1) is 12.2 Å². The van der Waals surface area contributed by atoms with Crippen LogP contribution in [0.15, 0.2) is 0 Å². The van der Waals surface area contributed by atoms with Crippen LogP contribution in [-0.2, 0) is 4.79 Å². The second-order valence-electron chi connectivity index (χ2n) is 8.41. The van der Waals surface area contributed by atoms with Crippen molar-refractivity contribution in [3.8, 4) is 0 Å². The van der Waals surface area contributed by atoms with E-state index in [2.05, 4.69) is 20.8 Å². The van der Waals surface area contributed by atoms with Gasteiger partial charge in [-0.05, 0) is 24.2 Å². The zero-order valence-electron chi connectivity index (χ0n) is 14.6. The molecule has 0 aromatic heterocycles. The third-order valence-electron chi connectivity index (χ3n) is 4.84. The fraction of sp³-hybridized carbons (Fsp3) is 0.941. The van der Waals surface area contributed by atoms with Crippen LogP contribution in [0.4, 0.5) is 0 Å². The third-order valence-corrected chi connectivity index (χ3v) is 4.84. The first kappa shape index (κ1) is 18.6. The molecule has 0 aliphatic carbocycles. The molecule has 1 amide bonds. The van der Waals surface area contributed by atoms with Gasteiger partial charge in [0.1, 0.15) is 6.10 Å². The average Bonchev–Trinajstić information content (AvgIpc) is 2.43. The van der Waals surface area contributed by atoms with Crippen molar-refractivity contribution in [1.29, 1.82) is 0 Å². The van der Waals surface area contributed by atoms with E-state index in [-0.39, 0.29) is 11.3 Å². The van der Waals surface area contributed by atoms with Gasteiger partial charge in [0, 0.05) is 39.1 Å². The van der Waals surface area contributed by atoms with Gasteiger partial charge in [0.25, 0.3) is 0 Å². The molecular formula is C17H32N2O4. The van der Waals surface area contributed by atoms with Gasteiger partial charge >= 0.3 is 0 Å². The monoisotopic (exact) mass is 328 g/mol. The van der Waals surface area contributed by atoms with Crippen molar-refractivity contribution in [3.63, 3.8) is 0 Å². The van der Waals surface area contributed by atoms with Gasteiger partial charge in [0.15, 0.2) is 0 Å². The number of hydrogen-bond acceptors (Lipinski definition) is 5. The van der Waals surface area contributed by atoms with E-state index >= 15 is 0 Å². The fourth-order valence-corrected chi connectivity index (χ4v) is 3.52. The largest absolute Gasteiger partial charge is 0.389 e. The molecule has 134 valence electrons. The number of carbonyl (C=O) groups excluding carboxylic acids is 1. The van der Waals surface area contributed by atoms with E-state index in [1.54, 1.807) is 0 Å². The number of nitrogens with zero attached hydrogens (tertiary/aromatic N) is 2. The fourth-order valence-electron chi connectivity index (χ4n) is 3.52. The Morgan fingerprint density at radius 3 is 2.04 bits per heavy atom. The molecular weight excluding hydrogens is 296 g/mol. The molecule has 6 nitrogen and oxygen atoms in total. The van der Waals surface area contributed by atoms with Gasteiger partial charge in [-0.2, -0.15) is 0 Å². The van der Waals surface area contributed by atoms with Crippen LogP contribution in [0.5, 0.6) is 0 Å². The van der Waals surface area contributed by atoms with Crippen LogP contribution >= 0.6 is 0 Å². The summed E-state index contributed by atoms with van der Waals surface area (Å²) in [6.45, 7) is 9.45. The highest BCUT2D eigenvalue weighted by Gasteiger charge is 2.35. The summed E-state index contributed by atoms with van der Waals surface area (Å²) in [6, 6.07) is 0. The lowest BCUT2D eigenvalue weighted by Crippen LogP contribution is -2.56. The number of piperidine rings is 2. The van der Waals surface area contributed by atoms with E-state index in [4.69, 9.17) is 0 Å². The minimum absolute atomic E-state index is 0.0227. The highest BCUT2D eigenvalue weighted by atomic mass is 16.4. The lowest BCUT2D eigenvalue weighted by molar-refractivity contribution is -0.135. The Hall–Kier alpha value is -0.690. The van der Waals surface area contributed by atoms with Crippen LogP contribution in [0.25, 0.3) is 0 Å². The molecule has 0 bridgehead atoms. The number of carbonyl (C=O) groups is 1. The molecule has 2 heterocycles. The van der Waals surface area contributed by atoms with E-state index in [0.717, 1.165) is 32.5 Å². The minimum Gasteiger partial charge on any atom is -0.389 e. The molecule has 0 spiro atoms. The minimum atomic E-state index is -1.04. The Bertz CT molecular complexity index is 390. The molecule has 2 rings (SSSR count). The Labute approximate surface area is 139 Å². The number of likely N-dealkylation sites (tertiary alicyclic amines) is 2. The maximum atomic E-state index is 12.3. The van der Waals surface area contributed by atoms with Crippen molar-refractivity contribution >= 4 is 5.91 Å². The topological polar surface area (TPSA) is 84.2 Å². The van der Waals surface area contributed by atoms with Gasteiger partial charge in [-0.3, -0.25) is 9.69 Å². The first-order valence-corrected chi connectivity index (χ1v) is 8.70. The Morgan fingerprint density at radius 1 is 1.04 bits per heavy atom. The number of amides is 1. The lowest BCUT2D eigenvalue weighted by atomic mass is 9.90. The zero-order valence-corrected chi connectivity index (χ0v) is 14.6. The van der Waals surface area contributed by atoms with Gasteiger partial charge in [0.2, 0.25) is 5.91 Å². The normalized spacial score (nSPS) is 31.4. The van der Waals surface area contributed by atoms with Gasteiger partial charge < -0.3 is 20.2 Å².